The number of carbonyl (C=O) groups is 2. The van der Waals surface area contributed by atoms with Crippen molar-refractivity contribution in [2.45, 2.75) is 58.0 Å². The van der Waals surface area contributed by atoms with E-state index in [-0.39, 0.29) is 41.7 Å². The first-order valence-corrected chi connectivity index (χ1v) is 16.6. The van der Waals surface area contributed by atoms with Gasteiger partial charge in [-0.3, -0.25) is 14.6 Å². The fourth-order valence-corrected chi connectivity index (χ4v) is 8.23. The van der Waals surface area contributed by atoms with Gasteiger partial charge in [-0.25, -0.2) is 0 Å². The molecule has 2 heterocycles. The van der Waals surface area contributed by atoms with Gasteiger partial charge in [-0.2, -0.15) is 0 Å². The Labute approximate surface area is 250 Å². The summed E-state index contributed by atoms with van der Waals surface area (Å²) in [6.07, 6.45) is 7.14. The average molecular weight is 598 g/mol. The summed E-state index contributed by atoms with van der Waals surface area (Å²) >= 11 is 0. The molecule has 9 heteroatoms. The zero-order valence-electron chi connectivity index (χ0n) is 23.9. The maximum absolute atomic E-state index is 13.6. The highest BCUT2D eigenvalue weighted by molar-refractivity contribution is 8.76. The van der Waals surface area contributed by atoms with Crippen LogP contribution in [0.3, 0.4) is 0 Å². The Morgan fingerprint density at radius 2 is 1.93 bits per heavy atom. The molecule has 0 aromatic heterocycles. The van der Waals surface area contributed by atoms with Gasteiger partial charge < -0.3 is 19.3 Å². The van der Waals surface area contributed by atoms with Crippen LogP contribution in [-0.2, 0) is 14.3 Å². The molecule has 0 aliphatic carbocycles. The van der Waals surface area contributed by atoms with E-state index in [2.05, 4.69) is 18.0 Å². The van der Waals surface area contributed by atoms with Gasteiger partial charge >= 0.3 is 5.97 Å². The Bertz CT molecular complexity index is 1260. The van der Waals surface area contributed by atoms with Crippen molar-refractivity contribution in [3.63, 3.8) is 0 Å². The highest BCUT2D eigenvalue weighted by atomic mass is 33.1. The lowest BCUT2D eigenvalue weighted by Crippen LogP contribution is -2.36. The monoisotopic (exact) mass is 597 g/mol. The first kappa shape index (κ1) is 31.0. The molecule has 1 N–H and O–H groups in total. The minimum Gasteiger partial charge on any atom is -0.508 e. The third kappa shape index (κ3) is 8.79. The van der Waals surface area contributed by atoms with E-state index >= 15 is 0 Å². The van der Waals surface area contributed by atoms with Crippen molar-refractivity contribution in [2.24, 2.45) is 16.8 Å². The maximum atomic E-state index is 13.6. The number of ketones is 1. The van der Waals surface area contributed by atoms with E-state index in [9.17, 15) is 14.7 Å². The number of hydrogen-bond acceptors (Lipinski definition) is 9. The molecule has 2 aromatic carbocycles. The lowest BCUT2D eigenvalue weighted by Gasteiger charge is -2.33. The van der Waals surface area contributed by atoms with Gasteiger partial charge in [0.1, 0.15) is 23.4 Å². The summed E-state index contributed by atoms with van der Waals surface area (Å²) in [6, 6.07) is 12.3. The SMILES string of the molecule is CCCCC1C(OC(C)=O)CC(=O)CC(c2ccc(Oc3cccc(O)c3)c(OC)c2)CSSCC1C1=CCN=C1. The number of rotatable bonds is 9. The molecule has 2 aliphatic heterocycles. The van der Waals surface area contributed by atoms with E-state index in [1.165, 1.54) is 18.6 Å². The predicted molar refractivity (Wildman–Crippen MR) is 167 cm³/mol. The van der Waals surface area contributed by atoms with Crippen molar-refractivity contribution < 1.29 is 28.9 Å². The van der Waals surface area contributed by atoms with Crippen LogP contribution >= 0.6 is 21.6 Å². The largest absolute Gasteiger partial charge is 0.508 e. The standard InChI is InChI=1S/C32H39NO6S2/c1-4-5-9-28-29(23-12-13-33-18-23)20-41-40-19-24(14-26(36)17-31(28)38-21(2)34)22-10-11-30(32(15-22)37-3)39-27-8-6-7-25(35)16-27/h6-8,10-12,15-16,18,24,28-29,31,35H,4-5,9,13-14,17,19-20H2,1-3H3. The van der Waals surface area contributed by atoms with Crippen molar-refractivity contribution in [3.05, 3.63) is 59.7 Å². The van der Waals surface area contributed by atoms with E-state index < -0.39 is 6.10 Å². The van der Waals surface area contributed by atoms with Crippen molar-refractivity contribution in [2.75, 3.05) is 25.2 Å². The van der Waals surface area contributed by atoms with Crippen LogP contribution in [0.2, 0.25) is 0 Å². The molecule has 1 fully saturated rings. The van der Waals surface area contributed by atoms with Gasteiger partial charge in [0.05, 0.1) is 13.7 Å². The summed E-state index contributed by atoms with van der Waals surface area (Å²) < 4.78 is 17.5. The molecule has 4 atom stereocenters. The second-order valence-electron chi connectivity index (χ2n) is 10.5. The number of unbranched alkanes of at least 4 members (excludes halogenated alkanes) is 1. The highest BCUT2D eigenvalue weighted by Crippen LogP contribution is 2.42. The van der Waals surface area contributed by atoms with Crippen LogP contribution in [0.4, 0.5) is 0 Å². The molecule has 4 unspecified atom stereocenters. The number of nitrogens with zero attached hydrogens (tertiary/aromatic N) is 1. The van der Waals surface area contributed by atoms with E-state index in [0.717, 1.165) is 36.3 Å². The van der Waals surface area contributed by atoms with Crippen molar-refractivity contribution >= 4 is 39.6 Å². The number of methoxy groups -OCH3 is 1. The molecule has 1 saturated heterocycles. The number of benzene rings is 2. The van der Waals surface area contributed by atoms with E-state index in [4.69, 9.17) is 14.2 Å². The number of hydrogen-bond donors (Lipinski definition) is 1. The second-order valence-corrected chi connectivity index (χ2v) is 13.0. The molecule has 2 aliphatic rings. The molecular weight excluding hydrogens is 558 g/mol. The number of phenolic OH excluding ortho intramolecular Hbond substituents is 1. The van der Waals surface area contributed by atoms with E-state index in [1.807, 2.05) is 35.2 Å². The number of phenols is 1. The minimum atomic E-state index is -0.469. The first-order chi connectivity index (χ1) is 19.9. The Kier molecular flexibility index (Phi) is 11.6. The van der Waals surface area contributed by atoms with Crippen LogP contribution in [0, 0.1) is 11.8 Å². The molecule has 0 radical (unpaired) electrons. The molecule has 220 valence electrons. The third-order valence-electron chi connectivity index (χ3n) is 7.51. The molecule has 7 nitrogen and oxygen atoms in total. The van der Waals surface area contributed by atoms with E-state index in [0.29, 0.717) is 30.2 Å². The molecule has 2 aromatic rings. The molecule has 41 heavy (non-hydrogen) atoms. The lowest BCUT2D eigenvalue weighted by atomic mass is 9.78. The molecule has 0 saturated carbocycles. The van der Waals surface area contributed by atoms with Gasteiger partial charge in [-0.1, -0.05) is 59.6 Å². The van der Waals surface area contributed by atoms with Gasteiger partial charge in [0.15, 0.2) is 11.5 Å². The zero-order chi connectivity index (χ0) is 29.2. The number of allylic oxidation sites excluding steroid dienone is 1. The summed E-state index contributed by atoms with van der Waals surface area (Å²) in [7, 11) is 5.18. The number of Topliss-reactive ketones (excluding diaryl/α,β-unsaturated/α-hetero) is 1. The summed E-state index contributed by atoms with van der Waals surface area (Å²) in [5, 5.41) is 9.79. The Morgan fingerprint density at radius 1 is 1.10 bits per heavy atom. The minimum absolute atomic E-state index is 0.0420. The van der Waals surface area contributed by atoms with Crippen LogP contribution in [0.15, 0.2) is 59.1 Å². The van der Waals surface area contributed by atoms with E-state index in [1.54, 1.807) is 36.1 Å². The number of esters is 1. The Balaban J connectivity index is 1.59. The van der Waals surface area contributed by atoms with Gasteiger partial charge in [0.2, 0.25) is 0 Å². The lowest BCUT2D eigenvalue weighted by molar-refractivity contribution is -0.151. The smallest absolute Gasteiger partial charge is 0.302 e. The first-order valence-electron chi connectivity index (χ1n) is 14.2. The van der Waals surface area contributed by atoms with Crippen LogP contribution < -0.4 is 9.47 Å². The average Bonchev–Trinajstić information content (AvgIpc) is 3.47. The number of carbonyl (C=O) groups excluding carboxylic acids is 2. The molecule has 0 spiro atoms. The van der Waals surface area contributed by atoms with Gasteiger partial charge in [-0.15, -0.1) is 0 Å². The van der Waals surface area contributed by atoms with Crippen LogP contribution in [0.1, 0.15) is 57.4 Å². The Morgan fingerprint density at radius 3 is 2.63 bits per heavy atom. The topological polar surface area (TPSA) is 94.4 Å². The van der Waals surface area contributed by atoms with Crippen molar-refractivity contribution in [1.29, 1.82) is 0 Å². The number of ether oxygens (including phenoxy) is 3. The highest BCUT2D eigenvalue weighted by Gasteiger charge is 2.36. The summed E-state index contributed by atoms with van der Waals surface area (Å²) in [5.41, 5.74) is 2.17. The predicted octanol–water partition coefficient (Wildman–Crippen LogP) is 7.39. The fraction of sp³-hybridized carbons (Fsp3) is 0.469. The molecule has 4 rings (SSSR count). The van der Waals surface area contributed by atoms with Crippen molar-refractivity contribution in [1.82, 2.24) is 0 Å². The number of aromatic hydroxyl groups is 1. The van der Waals surface area contributed by atoms with Crippen LogP contribution in [0.5, 0.6) is 23.0 Å². The van der Waals surface area contributed by atoms with Crippen LogP contribution in [-0.4, -0.2) is 54.3 Å². The van der Waals surface area contributed by atoms with Crippen LogP contribution in [0.25, 0.3) is 0 Å². The second kappa shape index (κ2) is 15.4. The zero-order valence-corrected chi connectivity index (χ0v) is 25.5. The molecule has 0 amide bonds. The third-order valence-corrected chi connectivity index (χ3v) is 10.0. The fourth-order valence-electron chi connectivity index (χ4n) is 5.47. The molecular formula is C32H39NO6S2. The summed E-state index contributed by atoms with van der Waals surface area (Å²) in [5.74, 6) is 3.21. The summed E-state index contributed by atoms with van der Waals surface area (Å²) in [6.45, 7) is 4.26. The van der Waals surface area contributed by atoms with Gasteiger partial charge in [0.25, 0.3) is 0 Å². The molecule has 0 bridgehead atoms. The Hall–Kier alpha value is -2.91. The van der Waals surface area contributed by atoms with Crippen molar-refractivity contribution in [3.8, 4) is 23.0 Å². The number of aliphatic imine (C=N–C) groups is 1. The summed E-state index contributed by atoms with van der Waals surface area (Å²) in [4.78, 5) is 30.2. The normalized spacial score (nSPS) is 23.4. The van der Waals surface area contributed by atoms with Gasteiger partial charge in [0, 0.05) is 61.3 Å². The maximum Gasteiger partial charge on any atom is 0.302 e. The van der Waals surface area contributed by atoms with Gasteiger partial charge in [-0.05, 0) is 41.8 Å². The quantitative estimate of drug-likeness (QED) is 0.236.